The van der Waals surface area contributed by atoms with Gasteiger partial charge in [-0.1, -0.05) is 12.1 Å². The van der Waals surface area contributed by atoms with Crippen LogP contribution in [0.4, 0.5) is 0 Å². The van der Waals surface area contributed by atoms with E-state index in [1.807, 2.05) is 24.3 Å². The SMILES string of the molecule is Cl.Cl.N#Cc1cccnc1Oc1cccc(C[C@@H](N)CO)c1. The van der Waals surface area contributed by atoms with Gasteiger partial charge in [0.1, 0.15) is 17.4 Å². The average Bonchev–Trinajstić information content (AvgIpc) is 2.48. The molecule has 0 spiro atoms. The molecule has 2 aromatic rings. The average molecular weight is 342 g/mol. The molecule has 5 nitrogen and oxygen atoms in total. The lowest BCUT2D eigenvalue weighted by atomic mass is 10.1. The van der Waals surface area contributed by atoms with E-state index in [-0.39, 0.29) is 43.3 Å². The quantitative estimate of drug-likeness (QED) is 0.871. The summed E-state index contributed by atoms with van der Waals surface area (Å²) in [5.74, 6) is 0.862. The van der Waals surface area contributed by atoms with E-state index in [0.717, 1.165) is 5.56 Å². The van der Waals surface area contributed by atoms with Crippen LogP contribution < -0.4 is 10.5 Å². The predicted octanol–water partition coefficient (Wildman–Crippen LogP) is 2.45. The van der Waals surface area contributed by atoms with Gasteiger partial charge in [-0.2, -0.15) is 5.26 Å². The molecule has 0 amide bonds. The minimum Gasteiger partial charge on any atom is -0.438 e. The Bertz CT molecular complexity index is 632. The monoisotopic (exact) mass is 341 g/mol. The summed E-state index contributed by atoms with van der Waals surface area (Å²) in [6.07, 6.45) is 2.13. The number of ether oxygens (including phenoxy) is 1. The topological polar surface area (TPSA) is 92.2 Å². The molecule has 1 aromatic heterocycles. The Hall–Kier alpha value is -1.84. The van der Waals surface area contributed by atoms with Crippen LogP contribution in [0.5, 0.6) is 11.6 Å². The van der Waals surface area contributed by atoms with Crippen molar-refractivity contribution >= 4 is 24.8 Å². The number of pyridine rings is 1. The minimum absolute atomic E-state index is 0. The van der Waals surface area contributed by atoms with Crippen molar-refractivity contribution in [2.24, 2.45) is 5.73 Å². The lowest BCUT2D eigenvalue weighted by molar-refractivity contribution is 0.265. The third-order valence-electron chi connectivity index (χ3n) is 2.74. The summed E-state index contributed by atoms with van der Waals surface area (Å²) in [4.78, 5) is 4.04. The van der Waals surface area contributed by atoms with Gasteiger partial charge in [0.2, 0.25) is 5.88 Å². The maximum Gasteiger partial charge on any atom is 0.237 e. The number of hydrogen-bond acceptors (Lipinski definition) is 5. The number of aliphatic hydroxyl groups excluding tert-OH is 1. The highest BCUT2D eigenvalue weighted by molar-refractivity contribution is 5.85. The van der Waals surface area contributed by atoms with Gasteiger partial charge in [0.25, 0.3) is 0 Å². The van der Waals surface area contributed by atoms with Gasteiger partial charge in [-0.25, -0.2) is 4.98 Å². The maximum absolute atomic E-state index is 8.99. The number of nitriles is 1. The van der Waals surface area contributed by atoms with Gasteiger partial charge in [-0.15, -0.1) is 24.8 Å². The van der Waals surface area contributed by atoms with Gasteiger partial charge in [0, 0.05) is 12.2 Å². The third kappa shape index (κ3) is 5.51. The maximum atomic E-state index is 8.99. The summed E-state index contributed by atoms with van der Waals surface area (Å²) in [7, 11) is 0. The summed E-state index contributed by atoms with van der Waals surface area (Å²) in [5, 5.41) is 18.0. The second kappa shape index (κ2) is 9.98. The lowest BCUT2D eigenvalue weighted by Gasteiger charge is -2.10. The molecule has 0 radical (unpaired) electrons. The lowest BCUT2D eigenvalue weighted by Crippen LogP contribution is -2.26. The fraction of sp³-hybridized carbons (Fsp3) is 0.200. The molecule has 0 aliphatic carbocycles. The van der Waals surface area contributed by atoms with E-state index < -0.39 is 0 Å². The van der Waals surface area contributed by atoms with E-state index in [1.54, 1.807) is 24.4 Å². The molecule has 0 bridgehead atoms. The predicted molar refractivity (Wildman–Crippen MR) is 88.7 cm³/mol. The van der Waals surface area contributed by atoms with E-state index in [2.05, 4.69) is 4.98 Å². The first-order chi connectivity index (χ1) is 9.72. The molecule has 1 heterocycles. The first-order valence-corrected chi connectivity index (χ1v) is 6.21. The summed E-state index contributed by atoms with van der Waals surface area (Å²) < 4.78 is 5.62. The molecule has 1 aromatic carbocycles. The number of rotatable bonds is 5. The molecule has 118 valence electrons. The molecule has 0 fully saturated rings. The molecule has 0 aliphatic heterocycles. The zero-order chi connectivity index (χ0) is 14.4. The van der Waals surface area contributed by atoms with Crippen LogP contribution >= 0.6 is 24.8 Å². The van der Waals surface area contributed by atoms with Crippen molar-refractivity contribution in [3.8, 4) is 17.7 Å². The van der Waals surface area contributed by atoms with E-state index >= 15 is 0 Å². The third-order valence-corrected chi connectivity index (χ3v) is 2.74. The fourth-order valence-electron chi connectivity index (χ4n) is 1.77. The van der Waals surface area contributed by atoms with Crippen LogP contribution in [-0.4, -0.2) is 22.7 Å². The Balaban J connectivity index is 0.00000220. The van der Waals surface area contributed by atoms with Crippen LogP contribution in [0.2, 0.25) is 0 Å². The van der Waals surface area contributed by atoms with Crippen LogP contribution in [0.1, 0.15) is 11.1 Å². The highest BCUT2D eigenvalue weighted by Crippen LogP contribution is 2.23. The number of aliphatic hydroxyl groups is 1. The summed E-state index contributed by atoms with van der Waals surface area (Å²) in [5.41, 5.74) is 7.04. The molecule has 22 heavy (non-hydrogen) atoms. The molecular weight excluding hydrogens is 325 g/mol. The van der Waals surface area contributed by atoms with Gasteiger partial charge in [0.05, 0.1) is 6.61 Å². The van der Waals surface area contributed by atoms with E-state index in [4.69, 9.17) is 20.8 Å². The summed E-state index contributed by atoms with van der Waals surface area (Å²) in [6, 6.07) is 12.4. The Morgan fingerprint density at radius 2 is 2.05 bits per heavy atom. The van der Waals surface area contributed by atoms with Crippen LogP contribution in [-0.2, 0) is 6.42 Å². The van der Waals surface area contributed by atoms with E-state index in [9.17, 15) is 0 Å². The standard InChI is InChI=1S/C15H15N3O2.2ClH/c16-9-12-4-2-6-18-15(12)20-14-5-1-3-11(8-14)7-13(17)10-19;;/h1-6,8,13,19H,7,10,17H2;2*1H/t13-;;/m1../s1. The highest BCUT2D eigenvalue weighted by atomic mass is 35.5. The Morgan fingerprint density at radius 3 is 2.73 bits per heavy atom. The van der Waals surface area contributed by atoms with Crippen LogP contribution in [0.25, 0.3) is 0 Å². The van der Waals surface area contributed by atoms with Gasteiger partial charge in [0.15, 0.2) is 0 Å². The van der Waals surface area contributed by atoms with Gasteiger partial charge < -0.3 is 15.6 Å². The first kappa shape index (κ1) is 20.2. The number of benzene rings is 1. The highest BCUT2D eigenvalue weighted by Gasteiger charge is 2.07. The summed E-state index contributed by atoms with van der Waals surface area (Å²) in [6.45, 7) is -0.0656. The van der Waals surface area contributed by atoms with Gasteiger partial charge in [-0.05, 0) is 36.2 Å². The second-order valence-corrected chi connectivity index (χ2v) is 4.36. The molecule has 0 unspecified atom stereocenters. The van der Waals surface area contributed by atoms with Crippen molar-refractivity contribution in [1.82, 2.24) is 4.98 Å². The van der Waals surface area contributed by atoms with E-state index in [0.29, 0.717) is 17.7 Å². The van der Waals surface area contributed by atoms with Crippen molar-refractivity contribution in [3.63, 3.8) is 0 Å². The Kier molecular flexibility index (Phi) is 9.15. The smallest absolute Gasteiger partial charge is 0.237 e. The molecule has 3 N–H and O–H groups in total. The number of aromatic nitrogens is 1. The largest absolute Gasteiger partial charge is 0.438 e. The van der Waals surface area contributed by atoms with Crippen molar-refractivity contribution in [1.29, 1.82) is 5.26 Å². The van der Waals surface area contributed by atoms with Crippen molar-refractivity contribution < 1.29 is 9.84 Å². The van der Waals surface area contributed by atoms with Crippen molar-refractivity contribution in [2.45, 2.75) is 12.5 Å². The zero-order valence-corrected chi connectivity index (χ0v) is 13.3. The van der Waals surface area contributed by atoms with Crippen LogP contribution in [0.15, 0.2) is 42.6 Å². The number of halogens is 2. The van der Waals surface area contributed by atoms with Gasteiger partial charge >= 0.3 is 0 Å². The van der Waals surface area contributed by atoms with Crippen LogP contribution in [0.3, 0.4) is 0 Å². The molecule has 0 saturated heterocycles. The summed E-state index contributed by atoms with van der Waals surface area (Å²) >= 11 is 0. The van der Waals surface area contributed by atoms with Crippen LogP contribution in [0, 0.1) is 11.3 Å². The zero-order valence-electron chi connectivity index (χ0n) is 11.7. The molecule has 7 heteroatoms. The second-order valence-electron chi connectivity index (χ2n) is 4.36. The normalized spacial score (nSPS) is 10.6. The fourth-order valence-corrected chi connectivity index (χ4v) is 1.77. The number of hydrogen-bond donors (Lipinski definition) is 2. The van der Waals surface area contributed by atoms with Crippen molar-refractivity contribution in [3.05, 3.63) is 53.7 Å². The van der Waals surface area contributed by atoms with E-state index in [1.165, 1.54) is 0 Å². The van der Waals surface area contributed by atoms with Gasteiger partial charge in [-0.3, -0.25) is 0 Å². The van der Waals surface area contributed by atoms with Crippen molar-refractivity contribution in [2.75, 3.05) is 6.61 Å². The molecular formula is C15H17Cl2N3O2. The molecule has 0 aliphatic rings. The number of nitrogens with two attached hydrogens (primary N) is 1. The number of nitrogens with zero attached hydrogens (tertiary/aromatic N) is 2. The Morgan fingerprint density at radius 1 is 1.27 bits per heavy atom. The first-order valence-electron chi connectivity index (χ1n) is 6.21. The minimum atomic E-state index is -0.297. The molecule has 1 atom stereocenters. The molecule has 2 rings (SSSR count). The molecule has 0 saturated carbocycles. The Labute approximate surface area is 141 Å².